The number of nitrogens with two attached hydrogens (primary N) is 1. The Labute approximate surface area is 111 Å². The topological polar surface area (TPSA) is 61.5 Å². The maximum absolute atomic E-state index is 14.3. The first-order valence-corrected chi connectivity index (χ1v) is 6.55. The first kappa shape index (κ1) is 13.6. The summed E-state index contributed by atoms with van der Waals surface area (Å²) >= 11 is 0. The second-order valence-electron chi connectivity index (χ2n) is 4.59. The van der Waals surface area contributed by atoms with Crippen molar-refractivity contribution in [2.45, 2.75) is 38.7 Å². The lowest BCUT2D eigenvalue weighted by Gasteiger charge is -2.15. The summed E-state index contributed by atoms with van der Waals surface area (Å²) in [5.41, 5.74) is 5.46. The van der Waals surface area contributed by atoms with E-state index in [-0.39, 0.29) is 29.7 Å². The van der Waals surface area contributed by atoms with Gasteiger partial charge in [0.15, 0.2) is 11.6 Å². The maximum Gasteiger partial charge on any atom is 0.343 e. The molecular weight excluding hydrogens is 249 g/mol. The van der Waals surface area contributed by atoms with Crippen LogP contribution in [0.25, 0.3) is 0 Å². The molecule has 0 unspecified atom stereocenters. The molecule has 5 heteroatoms. The first-order chi connectivity index (χ1) is 9.13. The predicted molar refractivity (Wildman–Crippen MR) is 69.7 cm³/mol. The van der Waals surface area contributed by atoms with Crippen molar-refractivity contribution < 1.29 is 18.7 Å². The van der Waals surface area contributed by atoms with Crippen molar-refractivity contribution in [3.05, 3.63) is 23.5 Å². The average molecular weight is 267 g/mol. The third-order valence-electron chi connectivity index (χ3n) is 3.21. The zero-order valence-electron chi connectivity index (χ0n) is 10.9. The molecule has 0 radical (unpaired) electrons. The Balaban J connectivity index is 2.25. The van der Waals surface area contributed by atoms with Gasteiger partial charge >= 0.3 is 5.97 Å². The highest BCUT2D eigenvalue weighted by atomic mass is 19.1. The van der Waals surface area contributed by atoms with Gasteiger partial charge in [0.2, 0.25) is 0 Å². The number of halogens is 1. The molecule has 2 N–H and O–H groups in total. The van der Waals surface area contributed by atoms with Crippen molar-refractivity contribution in [1.82, 2.24) is 0 Å². The SMILES string of the molecule is CCOC(=O)c1c(N)ccc(OC2CCCC2)c1F. The van der Waals surface area contributed by atoms with E-state index in [1.165, 1.54) is 12.1 Å². The lowest BCUT2D eigenvalue weighted by atomic mass is 10.1. The van der Waals surface area contributed by atoms with Crippen LogP contribution < -0.4 is 10.5 Å². The van der Waals surface area contributed by atoms with Crippen LogP contribution in [0.4, 0.5) is 10.1 Å². The molecule has 19 heavy (non-hydrogen) atoms. The number of hydrogen-bond acceptors (Lipinski definition) is 4. The second-order valence-corrected chi connectivity index (χ2v) is 4.59. The molecule has 0 atom stereocenters. The molecule has 0 bridgehead atoms. The normalized spacial score (nSPS) is 15.5. The molecule has 0 saturated heterocycles. The van der Waals surface area contributed by atoms with Gasteiger partial charge in [-0.15, -0.1) is 0 Å². The lowest BCUT2D eigenvalue weighted by molar-refractivity contribution is 0.0520. The summed E-state index contributed by atoms with van der Waals surface area (Å²) in [6.07, 6.45) is 4.03. The summed E-state index contributed by atoms with van der Waals surface area (Å²) in [5.74, 6) is -1.41. The molecule has 0 aromatic heterocycles. The van der Waals surface area contributed by atoms with Gasteiger partial charge in [0.05, 0.1) is 12.7 Å². The Morgan fingerprint density at radius 3 is 2.74 bits per heavy atom. The molecule has 1 fully saturated rings. The summed E-state index contributed by atoms with van der Waals surface area (Å²) < 4.78 is 24.6. The van der Waals surface area contributed by atoms with Crippen LogP contribution in [-0.4, -0.2) is 18.7 Å². The first-order valence-electron chi connectivity index (χ1n) is 6.55. The van der Waals surface area contributed by atoms with Gasteiger partial charge in [0, 0.05) is 5.69 Å². The van der Waals surface area contributed by atoms with Gasteiger partial charge in [-0.2, -0.15) is 0 Å². The quantitative estimate of drug-likeness (QED) is 0.673. The molecule has 1 aromatic carbocycles. The van der Waals surface area contributed by atoms with Crippen LogP contribution in [0.1, 0.15) is 43.0 Å². The molecular formula is C14H18FNO3. The van der Waals surface area contributed by atoms with E-state index in [1.54, 1.807) is 6.92 Å². The van der Waals surface area contributed by atoms with E-state index in [1.807, 2.05) is 0 Å². The molecule has 4 nitrogen and oxygen atoms in total. The van der Waals surface area contributed by atoms with Gasteiger partial charge < -0.3 is 15.2 Å². The zero-order chi connectivity index (χ0) is 13.8. The Morgan fingerprint density at radius 2 is 2.11 bits per heavy atom. The lowest BCUT2D eigenvalue weighted by Crippen LogP contribution is -2.15. The summed E-state index contributed by atoms with van der Waals surface area (Å²) in [4.78, 5) is 11.7. The van der Waals surface area contributed by atoms with Crippen LogP contribution >= 0.6 is 0 Å². The number of carbonyl (C=O) groups is 1. The molecule has 0 spiro atoms. The fraction of sp³-hybridized carbons (Fsp3) is 0.500. The fourth-order valence-corrected chi connectivity index (χ4v) is 2.26. The number of anilines is 1. The van der Waals surface area contributed by atoms with E-state index >= 15 is 0 Å². The van der Waals surface area contributed by atoms with Gasteiger partial charge in [-0.05, 0) is 44.7 Å². The van der Waals surface area contributed by atoms with Crippen molar-refractivity contribution in [3.63, 3.8) is 0 Å². The van der Waals surface area contributed by atoms with E-state index in [2.05, 4.69) is 0 Å². The average Bonchev–Trinajstić information content (AvgIpc) is 2.86. The minimum Gasteiger partial charge on any atom is -0.487 e. The minimum atomic E-state index is -0.755. The summed E-state index contributed by atoms with van der Waals surface area (Å²) in [6.45, 7) is 1.83. The standard InChI is InChI=1S/C14H18FNO3/c1-2-18-14(17)12-10(16)7-8-11(13(12)15)19-9-5-3-4-6-9/h7-9H,2-6,16H2,1H3. The summed E-state index contributed by atoms with van der Waals surface area (Å²) in [5, 5.41) is 0. The largest absolute Gasteiger partial charge is 0.487 e. The van der Waals surface area contributed by atoms with Gasteiger partial charge in [-0.3, -0.25) is 0 Å². The number of hydrogen-bond donors (Lipinski definition) is 1. The molecule has 0 amide bonds. The van der Waals surface area contributed by atoms with Crippen LogP contribution in [-0.2, 0) is 4.74 Å². The van der Waals surface area contributed by atoms with E-state index in [9.17, 15) is 9.18 Å². The number of benzene rings is 1. The highest BCUT2D eigenvalue weighted by Crippen LogP contribution is 2.30. The van der Waals surface area contributed by atoms with E-state index in [0.717, 1.165) is 25.7 Å². The highest BCUT2D eigenvalue weighted by molar-refractivity contribution is 5.95. The molecule has 2 rings (SSSR count). The fourth-order valence-electron chi connectivity index (χ4n) is 2.26. The second kappa shape index (κ2) is 5.91. The molecule has 0 heterocycles. The number of rotatable bonds is 4. The van der Waals surface area contributed by atoms with Crippen molar-refractivity contribution in [2.75, 3.05) is 12.3 Å². The molecule has 0 aliphatic heterocycles. The molecule has 1 saturated carbocycles. The van der Waals surface area contributed by atoms with Crippen molar-refractivity contribution in [3.8, 4) is 5.75 Å². The molecule has 1 aliphatic rings. The Bertz CT molecular complexity index is 470. The van der Waals surface area contributed by atoms with Crippen LogP contribution in [0.5, 0.6) is 5.75 Å². The zero-order valence-corrected chi connectivity index (χ0v) is 10.9. The third kappa shape index (κ3) is 2.97. The van der Waals surface area contributed by atoms with Crippen LogP contribution in [0, 0.1) is 5.82 Å². The van der Waals surface area contributed by atoms with Crippen LogP contribution in [0.2, 0.25) is 0 Å². The van der Waals surface area contributed by atoms with Gasteiger partial charge in [-0.25, -0.2) is 9.18 Å². The Morgan fingerprint density at radius 1 is 1.42 bits per heavy atom. The maximum atomic E-state index is 14.3. The smallest absolute Gasteiger partial charge is 0.343 e. The molecule has 1 aliphatic carbocycles. The van der Waals surface area contributed by atoms with E-state index < -0.39 is 11.8 Å². The van der Waals surface area contributed by atoms with Crippen molar-refractivity contribution in [1.29, 1.82) is 0 Å². The number of carbonyl (C=O) groups excluding carboxylic acids is 1. The number of ether oxygens (including phenoxy) is 2. The van der Waals surface area contributed by atoms with Gasteiger partial charge in [-0.1, -0.05) is 0 Å². The van der Waals surface area contributed by atoms with Crippen LogP contribution in [0.15, 0.2) is 12.1 Å². The molecule has 104 valence electrons. The van der Waals surface area contributed by atoms with Crippen LogP contribution in [0.3, 0.4) is 0 Å². The Hall–Kier alpha value is -1.78. The van der Waals surface area contributed by atoms with Gasteiger partial charge in [0.25, 0.3) is 0 Å². The highest BCUT2D eigenvalue weighted by Gasteiger charge is 2.24. The third-order valence-corrected chi connectivity index (χ3v) is 3.21. The van der Waals surface area contributed by atoms with Crippen molar-refractivity contribution >= 4 is 11.7 Å². The van der Waals surface area contributed by atoms with Crippen molar-refractivity contribution in [2.24, 2.45) is 0 Å². The van der Waals surface area contributed by atoms with E-state index in [4.69, 9.17) is 15.2 Å². The van der Waals surface area contributed by atoms with E-state index in [0.29, 0.717) is 0 Å². The summed E-state index contributed by atoms with van der Waals surface area (Å²) in [6, 6.07) is 2.94. The molecule has 1 aromatic rings. The monoisotopic (exact) mass is 267 g/mol. The van der Waals surface area contributed by atoms with Gasteiger partial charge in [0.1, 0.15) is 5.56 Å². The predicted octanol–water partition coefficient (Wildman–Crippen LogP) is 2.91. The Kier molecular flexibility index (Phi) is 4.24. The number of nitrogen functional groups attached to an aromatic ring is 1. The summed E-state index contributed by atoms with van der Waals surface area (Å²) in [7, 11) is 0. The number of esters is 1. The minimum absolute atomic E-state index is 0.0215.